The van der Waals surface area contributed by atoms with Crippen molar-refractivity contribution in [2.75, 3.05) is 19.7 Å². The second-order valence-corrected chi connectivity index (χ2v) is 10.6. The quantitative estimate of drug-likeness (QED) is 0.0956. The molecule has 2 N–H and O–H groups in total. The number of aliphatic hydroxyl groups is 1. The fourth-order valence-electron chi connectivity index (χ4n) is 3.17. The van der Waals surface area contributed by atoms with Crippen molar-refractivity contribution >= 4 is 40.1 Å². The highest BCUT2D eigenvalue weighted by Crippen LogP contribution is 2.42. The molecule has 9 nitrogen and oxygen atoms in total. The first-order valence-electron chi connectivity index (χ1n) is 10.9. The van der Waals surface area contributed by atoms with Crippen LogP contribution in [0.4, 0.5) is 0 Å². The monoisotopic (exact) mass is 505 g/mol. The van der Waals surface area contributed by atoms with Crippen LogP contribution in [-0.2, 0) is 14.3 Å². The van der Waals surface area contributed by atoms with E-state index in [1.807, 2.05) is 30.3 Å². The zero-order chi connectivity index (χ0) is 25.6. The Morgan fingerprint density at radius 2 is 2.06 bits per heavy atom. The van der Waals surface area contributed by atoms with Crippen LogP contribution in [0.2, 0.25) is 0 Å². The van der Waals surface area contributed by atoms with Gasteiger partial charge < -0.3 is 15.2 Å². The highest BCUT2D eigenvalue weighted by atomic mass is 32.2. The molecule has 0 saturated carbocycles. The van der Waals surface area contributed by atoms with Gasteiger partial charge in [0.15, 0.2) is 0 Å². The van der Waals surface area contributed by atoms with E-state index in [0.717, 1.165) is 5.56 Å². The second kappa shape index (κ2) is 14.6. The van der Waals surface area contributed by atoms with Crippen LogP contribution in [0.5, 0.6) is 0 Å². The van der Waals surface area contributed by atoms with Crippen LogP contribution in [0.15, 0.2) is 35.4 Å². The minimum Gasteiger partial charge on any atom is -0.466 e. The molecule has 0 bridgehead atoms. The second-order valence-electron chi connectivity index (χ2n) is 8.42. The van der Waals surface area contributed by atoms with E-state index in [2.05, 4.69) is 21.4 Å². The van der Waals surface area contributed by atoms with Crippen molar-refractivity contribution in [2.24, 2.45) is 10.5 Å². The van der Waals surface area contributed by atoms with E-state index < -0.39 is 22.2 Å². The number of rotatable bonds is 14. The molecule has 3 unspecified atom stereocenters. The van der Waals surface area contributed by atoms with Crippen molar-refractivity contribution in [1.29, 1.82) is 5.26 Å². The van der Waals surface area contributed by atoms with Gasteiger partial charge in [-0.1, -0.05) is 59.4 Å². The number of ether oxygens (including phenoxy) is 1. The zero-order valence-electron chi connectivity index (χ0n) is 19.7. The van der Waals surface area contributed by atoms with Crippen molar-refractivity contribution in [3.05, 3.63) is 46.3 Å². The lowest BCUT2D eigenvalue weighted by Gasteiger charge is -2.34. The molecule has 0 aliphatic heterocycles. The van der Waals surface area contributed by atoms with Crippen LogP contribution in [0, 0.1) is 16.7 Å². The molecular weight excluding hydrogens is 474 g/mol. The van der Waals surface area contributed by atoms with Gasteiger partial charge in [0, 0.05) is 24.4 Å². The van der Waals surface area contributed by atoms with Crippen LogP contribution in [0.1, 0.15) is 52.0 Å². The van der Waals surface area contributed by atoms with Gasteiger partial charge >= 0.3 is 5.97 Å². The van der Waals surface area contributed by atoms with Crippen LogP contribution < -0.4 is 5.32 Å². The SMILES string of the molecule is CC(O)CNC(=O)C(C)(CC(C)(C#N)CCC(=O)OCCCN=[N+]=[N-])SC(=S)c1ccccc1. The molecule has 0 aliphatic rings. The highest BCUT2D eigenvalue weighted by molar-refractivity contribution is 8.25. The normalized spacial score (nSPS) is 14.9. The lowest BCUT2D eigenvalue weighted by molar-refractivity contribution is -0.144. The number of esters is 1. The Kier molecular flexibility index (Phi) is 12.6. The van der Waals surface area contributed by atoms with Crippen molar-refractivity contribution in [3.63, 3.8) is 0 Å². The third kappa shape index (κ3) is 10.5. The molecule has 0 aromatic heterocycles. The Balaban J connectivity index is 2.93. The lowest BCUT2D eigenvalue weighted by Crippen LogP contribution is -2.47. The van der Waals surface area contributed by atoms with Crippen LogP contribution >= 0.6 is 24.0 Å². The van der Waals surface area contributed by atoms with Gasteiger partial charge in [0.25, 0.3) is 0 Å². The predicted octanol–water partition coefficient (Wildman–Crippen LogP) is 4.29. The lowest BCUT2D eigenvalue weighted by atomic mass is 9.78. The number of carbonyl (C=O) groups excluding carboxylic acids is 2. The summed E-state index contributed by atoms with van der Waals surface area (Å²) >= 11 is 6.77. The molecule has 0 saturated heterocycles. The zero-order valence-corrected chi connectivity index (χ0v) is 21.3. The van der Waals surface area contributed by atoms with Gasteiger partial charge in [-0.3, -0.25) is 9.59 Å². The van der Waals surface area contributed by atoms with E-state index in [1.54, 1.807) is 20.8 Å². The number of nitrogens with zero attached hydrogens (tertiary/aromatic N) is 4. The molecule has 11 heteroatoms. The van der Waals surface area contributed by atoms with Gasteiger partial charge in [-0.2, -0.15) is 5.26 Å². The smallest absolute Gasteiger partial charge is 0.305 e. The van der Waals surface area contributed by atoms with Crippen molar-refractivity contribution in [3.8, 4) is 6.07 Å². The van der Waals surface area contributed by atoms with E-state index in [9.17, 15) is 20.0 Å². The molecule has 0 spiro atoms. The van der Waals surface area contributed by atoms with Gasteiger partial charge in [0.2, 0.25) is 5.91 Å². The van der Waals surface area contributed by atoms with E-state index >= 15 is 0 Å². The Hall–Kier alpha value is -2.64. The fourth-order valence-corrected chi connectivity index (χ4v) is 5.08. The first-order chi connectivity index (χ1) is 16.0. The summed E-state index contributed by atoms with van der Waals surface area (Å²) in [5.41, 5.74) is 8.04. The fraction of sp³-hybridized carbons (Fsp3) is 0.565. The maximum Gasteiger partial charge on any atom is 0.305 e. The summed E-state index contributed by atoms with van der Waals surface area (Å²) < 4.78 is 4.52. The van der Waals surface area contributed by atoms with E-state index in [1.165, 1.54) is 11.8 Å². The first kappa shape index (κ1) is 29.4. The molecule has 0 radical (unpaired) electrons. The van der Waals surface area contributed by atoms with Crippen LogP contribution in [0.25, 0.3) is 10.4 Å². The maximum atomic E-state index is 13.2. The Morgan fingerprint density at radius 3 is 2.65 bits per heavy atom. The van der Waals surface area contributed by atoms with E-state index in [0.29, 0.717) is 10.6 Å². The number of hydrogen-bond donors (Lipinski definition) is 2. The van der Waals surface area contributed by atoms with E-state index in [-0.39, 0.29) is 44.9 Å². The molecule has 3 atom stereocenters. The minimum absolute atomic E-state index is 0.00471. The molecule has 1 aromatic rings. The highest BCUT2D eigenvalue weighted by Gasteiger charge is 2.43. The summed E-state index contributed by atoms with van der Waals surface area (Å²) in [7, 11) is 0. The first-order valence-corrected chi connectivity index (χ1v) is 12.1. The summed E-state index contributed by atoms with van der Waals surface area (Å²) in [5.74, 6) is -0.811. The molecule has 184 valence electrons. The number of benzene rings is 1. The number of thioether (sulfide) groups is 1. The summed E-state index contributed by atoms with van der Waals surface area (Å²) in [6.07, 6.45) is 0.0152. The summed E-state index contributed by atoms with van der Waals surface area (Å²) in [4.78, 5) is 27.9. The number of amides is 1. The Bertz CT molecular complexity index is 931. The third-order valence-corrected chi connectivity index (χ3v) is 6.66. The van der Waals surface area contributed by atoms with Gasteiger partial charge in [-0.25, -0.2) is 0 Å². The number of thiocarbonyl (C=S) groups is 1. The number of aliphatic hydroxyl groups excluding tert-OH is 1. The molecule has 1 amide bonds. The molecule has 1 rings (SSSR count). The summed E-state index contributed by atoms with van der Waals surface area (Å²) in [6, 6.07) is 11.5. The number of hydrogen-bond acceptors (Lipinski definition) is 8. The van der Waals surface area contributed by atoms with Crippen LogP contribution in [-0.4, -0.2) is 51.7 Å². The average Bonchev–Trinajstić information content (AvgIpc) is 2.81. The number of azide groups is 1. The van der Waals surface area contributed by atoms with Crippen LogP contribution in [0.3, 0.4) is 0 Å². The molecule has 1 aromatic carbocycles. The molecular formula is C23H31N5O4S2. The van der Waals surface area contributed by atoms with E-state index in [4.69, 9.17) is 22.5 Å². The van der Waals surface area contributed by atoms with Crippen molar-refractivity contribution in [1.82, 2.24) is 5.32 Å². The molecule has 0 fully saturated rings. The predicted molar refractivity (Wildman–Crippen MR) is 136 cm³/mol. The summed E-state index contributed by atoms with van der Waals surface area (Å²) in [5, 5.41) is 25.6. The number of nitriles is 1. The Labute approximate surface area is 209 Å². The standard InChI is InChI=1S/C23H31N5O4S2/c1-17(29)14-26-21(31)23(3,34-20(33)18-8-5-4-6-9-18)15-22(2,16-24)11-10-19(30)32-13-7-12-27-28-25/h4-6,8-9,17,29H,7,10-15H2,1-3H3,(H,26,31). The van der Waals surface area contributed by atoms with Gasteiger partial charge in [0.1, 0.15) is 0 Å². The topological polar surface area (TPSA) is 148 Å². The van der Waals surface area contributed by atoms with Gasteiger partial charge in [0.05, 0.1) is 33.1 Å². The number of carbonyl (C=O) groups is 2. The van der Waals surface area contributed by atoms with Gasteiger partial charge in [-0.15, -0.1) is 0 Å². The summed E-state index contributed by atoms with van der Waals surface area (Å²) in [6.45, 7) is 5.41. The number of nitrogens with one attached hydrogen (secondary N) is 1. The van der Waals surface area contributed by atoms with Crippen molar-refractivity contribution < 1.29 is 19.4 Å². The average molecular weight is 506 g/mol. The maximum absolute atomic E-state index is 13.2. The molecule has 0 aliphatic carbocycles. The largest absolute Gasteiger partial charge is 0.466 e. The van der Waals surface area contributed by atoms with Gasteiger partial charge in [-0.05, 0) is 51.1 Å². The minimum atomic E-state index is -1.12. The molecule has 0 heterocycles. The third-order valence-electron chi connectivity index (χ3n) is 4.97. The van der Waals surface area contributed by atoms with Crippen molar-refractivity contribution in [2.45, 2.75) is 57.3 Å². The Morgan fingerprint density at radius 1 is 1.38 bits per heavy atom. The molecule has 34 heavy (non-hydrogen) atoms.